The third-order valence-corrected chi connectivity index (χ3v) is 3.56. The molecule has 6 nitrogen and oxygen atoms in total. The fourth-order valence-corrected chi connectivity index (χ4v) is 2.46. The van der Waals surface area contributed by atoms with E-state index in [9.17, 15) is 9.59 Å². The van der Waals surface area contributed by atoms with Crippen molar-refractivity contribution in [2.24, 2.45) is 0 Å². The zero-order chi connectivity index (χ0) is 12.4. The summed E-state index contributed by atoms with van der Waals surface area (Å²) in [6, 6.07) is 0. The van der Waals surface area contributed by atoms with E-state index in [1.807, 2.05) is 0 Å². The fraction of sp³-hybridized carbons (Fsp3) is 0.444. The summed E-state index contributed by atoms with van der Waals surface area (Å²) in [5.41, 5.74) is 1.48. The Morgan fingerprint density at radius 3 is 3.00 bits per heavy atom. The molecule has 0 radical (unpaired) electrons. The number of thiazole rings is 1. The van der Waals surface area contributed by atoms with Crippen LogP contribution in [0, 0.1) is 0 Å². The van der Waals surface area contributed by atoms with Gasteiger partial charge >= 0.3 is 5.97 Å². The van der Waals surface area contributed by atoms with Gasteiger partial charge in [0.15, 0.2) is 11.3 Å². The van der Waals surface area contributed by atoms with E-state index in [-0.39, 0.29) is 24.2 Å². The number of carbonyl (C=O) groups excluding carboxylic acids is 1. The molecule has 2 heterocycles. The number of rotatable bonds is 2. The predicted molar refractivity (Wildman–Crippen MR) is 60.4 cm³/mol. The van der Waals surface area contributed by atoms with Crippen molar-refractivity contribution in [3.8, 4) is 0 Å². The molecule has 1 atom stereocenters. The number of hydrogen-bond donors (Lipinski definition) is 1. The first-order chi connectivity index (χ1) is 8.09. The lowest BCUT2D eigenvalue weighted by Gasteiger charge is -2.30. The van der Waals surface area contributed by atoms with E-state index < -0.39 is 12.1 Å². The van der Waals surface area contributed by atoms with Gasteiger partial charge in [-0.05, 0) is 0 Å². The molecule has 0 aliphatic carbocycles. The van der Waals surface area contributed by atoms with Gasteiger partial charge in [-0.3, -0.25) is 4.79 Å². The number of aromatic nitrogens is 1. The van der Waals surface area contributed by atoms with Gasteiger partial charge in [0.25, 0.3) is 5.91 Å². The van der Waals surface area contributed by atoms with E-state index in [0.717, 1.165) is 11.3 Å². The summed E-state index contributed by atoms with van der Waals surface area (Å²) in [4.78, 5) is 28.3. The molecular weight excluding hydrogens is 268 g/mol. The van der Waals surface area contributed by atoms with Gasteiger partial charge in [-0.2, -0.15) is 0 Å². The Labute approximate surface area is 106 Å². The third kappa shape index (κ3) is 2.56. The van der Waals surface area contributed by atoms with Crippen LogP contribution in [0.5, 0.6) is 0 Å². The summed E-state index contributed by atoms with van der Waals surface area (Å²) in [6.07, 6.45) is -0.973. The van der Waals surface area contributed by atoms with Crippen LogP contribution in [0.2, 0.25) is 5.15 Å². The number of morpholine rings is 1. The Balaban J connectivity index is 2.10. The van der Waals surface area contributed by atoms with Gasteiger partial charge in [0.2, 0.25) is 0 Å². The van der Waals surface area contributed by atoms with Crippen LogP contribution in [0.3, 0.4) is 0 Å². The van der Waals surface area contributed by atoms with Crippen molar-refractivity contribution >= 4 is 34.8 Å². The van der Waals surface area contributed by atoms with Crippen molar-refractivity contribution in [3.63, 3.8) is 0 Å². The summed E-state index contributed by atoms with van der Waals surface area (Å²) >= 11 is 6.90. The Hall–Kier alpha value is -1.18. The number of amides is 1. The van der Waals surface area contributed by atoms with Crippen molar-refractivity contribution in [1.29, 1.82) is 0 Å². The van der Waals surface area contributed by atoms with Gasteiger partial charge in [-0.25, -0.2) is 9.78 Å². The molecule has 1 aromatic rings. The summed E-state index contributed by atoms with van der Waals surface area (Å²) in [6.45, 7) is 0.596. The van der Waals surface area contributed by atoms with Crippen molar-refractivity contribution in [3.05, 3.63) is 15.5 Å². The molecule has 0 aromatic carbocycles. The van der Waals surface area contributed by atoms with E-state index in [4.69, 9.17) is 21.4 Å². The van der Waals surface area contributed by atoms with Crippen molar-refractivity contribution in [2.45, 2.75) is 6.10 Å². The summed E-state index contributed by atoms with van der Waals surface area (Å²) in [5.74, 6) is -1.37. The second-order valence-electron chi connectivity index (χ2n) is 3.42. The van der Waals surface area contributed by atoms with Crippen LogP contribution < -0.4 is 0 Å². The highest BCUT2D eigenvalue weighted by Crippen LogP contribution is 2.21. The Morgan fingerprint density at radius 2 is 2.41 bits per heavy atom. The first-order valence-electron chi connectivity index (χ1n) is 4.82. The second kappa shape index (κ2) is 4.99. The lowest BCUT2D eigenvalue weighted by Crippen LogP contribution is -2.48. The van der Waals surface area contributed by atoms with Crippen LogP contribution >= 0.6 is 22.9 Å². The average Bonchev–Trinajstić information content (AvgIpc) is 2.74. The quantitative estimate of drug-likeness (QED) is 0.861. The molecule has 1 saturated heterocycles. The highest BCUT2D eigenvalue weighted by molar-refractivity contribution is 7.12. The van der Waals surface area contributed by atoms with Crippen LogP contribution in [-0.4, -0.2) is 52.7 Å². The Morgan fingerprint density at radius 1 is 1.65 bits per heavy atom. The van der Waals surface area contributed by atoms with E-state index in [1.54, 1.807) is 0 Å². The lowest BCUT2D eigenvalue weighted by molar-refractivity contribution is -0.154. The standard InChI is InChI=1S/C9H9ClN2O4S/c10-7-6(17-4-11-7)8(13)12-1-2-16-5(3-12)9(14)15/h4-5H,1-3H2,(H,14,15)/t5-/m0/s1. The van der Waals surface area contributed by atoms with Crippen LogP contribution in [-0.2, 0) is 9.53 Å². The maximum atomic E-state index is 12.0. The normalized spacial score (nSPS) is 20.3. The highest BCUT2D eigenvalue weighted by atomic mass is 35.5. The minimum atomic E-state index is -1.07. The van der Waals surface area contributed by atoms with Gasteiger partial charge in [0.1, 0.15) is 4.88 Å². The average molecular weight is 277 g/mol. The first-order valence-corrected chi connectivity index (χ1v) is 6.08. The van der Waals surface area contributed by atoms with E-state index >= 15 is 0 Å². The minimum Gasteiger partial charge on any atom is -0.479 e. The largest absolute Gasteiger partial charge is 0.479 e. The van der Waals surface area contributed by atoms with Crippen LogP contribution in [0.1, 0.15) is 9.67 Å². The SMILES string of the molecule is O=C(O)[C@@H]1CN(C(=O)c2scnc2Cl)CCO1. The van der Waals surface area contributed by atoms with Crippen LogP contribution in [0.25, 0.3) is 0 Å². The predicted octanol–water partition coefficient (Wildman–Crippen LogP) is 0.722. The molecule has 8 heteroatoms. The number of carboxylic acid groups (broad SMARTS) is 1. The molecule has 0 saturated carbocycles. The summed E-state index contributed by atoms with van der Waals surface area (Å²) in [7, 11) is 0. The first kappa shape index (κ1) is 12.3. The minimum absolute atomic E-state index is 0.0302. The van der Waals surface area contributed by atoms with Gasteiger partial charge < -0.3 is 14.7 Å². The number of hydrogen-bond acceptors (Lipinski definition) is 5. The monoisotopic (exact) mass is 276 g/mol. The third-order valence-electron chi connectivity index (χ3n) is 2.35. The molecule has 92 valence electrons. The number of aliphatic carboxylic acids is 1. The topological polar surface area (TPSA) is 79.7 Å². The molecule has 1 aliphatic rings. The molecule has 1 amide bonds. The second-order valence-corrected chi connectivity index (χ2v) is 4.63. The Kier molecular flexibility index (Phi) is 3.60. The maximum absolute atomic E-state index is 12.0. The molecule has 0 bridgehead atoms. The number of carbonyl (C=O) groups is 2. The molecule has 1 fully saturated rings. The van der Waals surface area contributed by atoms with Crippen LogP contribution in [0.4, 0.5) is 0 Å². The molecule has 0 spiro atoms. The van der Waals surface area contributed by atoms with Gasteiger partial charge in [0, 0.05) is 6.54 Å². The van der Waals surface area contributed by atoms with E-state index in [1.165, 1.54) is 10.4 Å². The smallest absolute Gasteiger partial charge is 0.334 e. The molecule has 1 aromatic heterocycles. The molecule has 17 heavy (non-hydrogen) atoms. The lowest BCUT2D eigenvalue weighted by atomic mass is 10.2. The zero-order valence-electron chi connectivity index (χ0n) is 8.63. The molecular formula is C9H9ClN2O4S. The molecule has 2 rings (SSSR count). The number of ether oxygens (including phenoxy) is 1. The molecule has 1 N–H and O–H groups in total. The molecule has 0 unspecified atom stereocenters. The van der Waals surface area contributed by atoms with Crippen molar-refractivity contribution in [2.75, 3.05) is 19.7 Å². The summed E-state index contributed by atoms with van der Waals surface area (Å²) in [5, 5.41) is 8.98. The van der Waals surface area contributed by atoms with Gasteiger partial charge in [-0.1, -0.05) is 11.6 Å². The summed E-state index contributed by atoms with van der Waals surface area (Å²) < 4.78 is 5.03. The van der Waals surface area contributed by atoms with Crippen molar-refractivity contribution in [1.82, 2.24) is 9.88 Å². The van der Waals surface area contributed by atoms with Gasteiger partial charge in [-0.15, -0.1) is 11.3 Å². The van der Waals surface area contributed by atoms with E-state index in [2.05, 4.69) is 4.98 Å². The van der Waals surface area contributed by atoms with E-state index in [0.29, 0.717) is 11.4 Å². The number of carboxylic acids is 1. The number of nitrogens with zero attached hydrogens (tertiary/aromatic N) is 2. The van der Waals surface area contributed by atoms with Crippen LogP contribution in [0.15, 0.2) is 5.51 Å². The highest BCUT2D eigenvalue weighted by Gasteiger charge is 2.30. The zero-order valence-corrected chi connectivity index (χ0v) is 10.2. The fourth-order valence-electron chi connectivity index (χ4n) is 1.50. The number of halogens is 1. The van der Waals surface area contributed by atoms with Crippen molar-refractivity contribution < 1.29 is 19.4 Å². The Bertz CT molecular complexity index is 450. The maximum Gasteiger partial charge on any atom is 0.334 e. The molecule has 1 aliphatic heterocycles. The van der Waals surface area contributed by atoms with Gasteiger partial charge in [0.05, 0.1) is 18.7 Å².